The molecule has 1 aliphatic heterocycles. The monoisotopic (exact) mass is 430 g/mol. The van der Waals surface area contributed by atoms with E-state index in [0.717, 1.165) is 25.7 Å². The maximum absolute atomic E-state index is 13.6. The average Bonchev–Trinajstić information content (AvgIpc) is 3.24. The van der Waals surface area contributed by atoms with Crippen LogP contribution in [0.15, 0.2) is 30.3 Å². The van der Waals surface area contributed by atoms with Gasteiger partial charge in [0.1, 0.15) is 0 Å². The molecule has 6 heteroatoms. The molecule has 4 aliphatic rings. The second kappa shape index (κ2) is 6.41. The SMILES string of the molecule is CC1(C)[C@H]2CC[C@]1(CS(=O)(=O)N1CCC3(C=Cc4ccccc43)CC1)[C@@](O)(CN)C2. The van der Waals surface area contributed by atoms with Crippen molar-refractivity contribution in [1.82, 2.24) is 4.31 Å². The predicted octanol–water partition coefficient (Wildman–Crippen LogP) is 2.89. The third-order valence-electron chi connectivity index (χ3n) is 9.50. The summed E-state index contributed by atoms with van der Waals surface area (Å²) in [4.78, 5) is 0. The summed E-state index contributed by atoms with van der Waals surface area (Å²) in [5.74, 6) is 0.349. The Hall–Kier alpha value is -1.21. The molecular weight excluding hydrogens is 396 g/mol. The van der Waals surface area contributed by atoms with E-state index in [1.54, 1.807) is 4.31 Å². The Bertz CT molecular complexity index is 993. The average molecular weight is 431 g/mol. The zero-order valence-corrected chi connectivity index (χ0v) is 18.9. The lowest BCUT2D eigenvalue weighted by molar-refractivity contribution is -0.0798. The van der Waals surface area contributed by atoms with Crippen molar-refractivity contribution in [1.29, 1.82) is 0 Å². The zero-order chi connectivity index (χ0) is 21.4. The first kappa shape index (κ1) is 20.7. The molecule has 5 rings (SSSR count). The number of sulfonamides is 1. The molecule has 3 aliphatic carbocycles. The number of aliphatic hydroxyl groups is 1. The van der Waals surface area contributed by atoms with Gasteiger partial charge in [-0.25, -0.2) is 12.7 Å². The summed E-state index contributed by atoms with van der Waals surface area (Å²) < 4.78 is 28.9. The Morgan fingerprint density at radius 1 is 1.17 bits per heavy atom. The Balaban J connectivity index is 1.38. The molecule has 1 heterocycles. The number of hydrogen-bond donors (Lipinski definition) is 2. The second-order valence-electron chi connectivity index (χ2n) is 10.7. The number of rotatable bonds is 4. The molecule has 3 fully saturated rings. The van der Waals surface area contributed by atoms with E-state index in [0.29, 0.717) is 25.4 Å². The molecule has 0 aromatic heterocycles. The molecule has 2 bridgehead atoms. The fourth-order valence-corrected chi connectivity index (χ4v) is 9.72. The normalized spacial score (nSPS) is 36.5. The highest BCUT2D eigenvalue weighted by Gasteiger charge is 2.71. The van der Waals surface area contributed by atoms with Crippen LogP contribution in [0.1, 0.15) is 57.1 Å². The van der Waals surface area contributed by atoms with Gasteiger partial charge in [0.15, 0.2) is 0 Å². The lowest BCUT2D eigenvalue weighted by atomic mass is 9.64. The molecule has 30 heavy (non-hydrogen) atoms. The molecule has 3 N–H and O–H groups in total. The molecule has 5 nitrogen and oxygen atoms in total. The highest BCUT2D eigenvalue weighted by molar-refractivity contribution is 7.89. The third-order valence-corrected chi connectivity index (χ3v) is 11.5. The van der Waals surface area contributed by atoms with Gasteiger partial charge < -0.3 is 10.8 Å². The zero-order valence-electron chi connectivity index (χ0n) is 18.1. The fourth-order valence-electron chi connectivity index (χ4n) is 7.40. The van der Waals surface area contributed by atoms with E-state index >= 15 is 0 Å². The number of piperidine rings is 1. The predicted molar refractivity (Wildman–Crippen MR) is 119 cm³/mol. The van der Waals surface area contributed by atoms with Crippen molar-refractivity contribution in [2.75, 3.05) is 25.4 Å². The fraction of sp³-hybridized carbons (Fsp3) is 0.667. The minimum atomic E-state index is -3.49. The van der Waals surface area contributed by atoms with Crippen molar-refractivity contribution >= 4 is 16.1 Å². The summed E-state index contributed by atoms with van der Waals surface area (Å²) in [5, 5.41) is 11.4. The van der Waals surface area contributed by atoms with Crippen molar-refractivity contribution in [2.45, 2.75) is 57.0 Å². The number of hydrogen-bond acceptors (Lipinski definition) is 4. The van der Waals surface area contributed by atoms with Gasteiger partial charge in [0, 0.05) is 30.5 Å². The van der Waals surface area contributed by atoms with Crippen molar-refractivity contribution in [3.8, 4) is 0 Å². The van der Waals surface area contributed by atoms with E-state index in [-0.39, 0.29) is 23.1 Å². The standard InChI is InChI=1S/C24H34N2O3S/c1-21(2)19-8-10-23(21,24(27,15-19)16-25)17-30(28,29)26-13-11-22(12-14-26)9-7-18-5-3-4-6-20(18)22/h3-7,9,19,27H,8,10-17,25H2,1-2H3/t19-,23+,24-/m0/s1. The highest BCUT2D eigenvalue weighted by Crippen LogP contribution is 2.70. The molecule has 3 atom stereocenters. The van der Waals surface area contributed by atoms with Crippen LogP contribution >= 0.6 is 0 Å². The number of allylic oxidation sites excluding steroid dienone is 1. The summed E-state index contributed by atoms with van der Waals surface area (Å²) in [5.41, 5.74) is 6.59. The topological polar surface area (TPSA) is 83.6 Å². The van der Waals surface area contributed by atoms with E-state index in [4.69, 9.17) is 5.73 Å². The molecular formula is C24H34N2O3S. The Labute approximate surface area is 180 Å². The van der Waals surface area contributed by atoms with E-state index in [1.165, 1.54) is 11.1 Å². The summed E-state index contributed by atoms with van der Waals surface area (Å²) in [6, 6.07) is 8.44. The quantitative estimate of drug-likeness (QED) is 0.769. The van der Waals surface area contributed by atoms with Crippen LogP contribution in [0.3, 0.4) is 0 Å². The van der Waals surface area contributed by atoms with Gasteiger partial charge in [0.05, 0.1) is 11.4 Å². The first-order valence-corrected chi connectivity index (χ1v) is 12.9. The molecule has 0 amide bonds. The first-order chi connectivity index (χ1) is 14.1. The van der Waals surface area contributed by atoms with Gasteiger partial charge in [-0.15, -0.1) is 0 Å². The van der Waals surface area contributed by atoms with Gasteiger partial charge in [-0.2, -0.15) is 0 Å². The molecule has 1 aromatic carbocycles. The molecule has 1 aromatic rings. The van der Waals surface area contributed by atoms with Crippen LogP contribution < -0.4 is 5.73 Å². The van der Waals surface area contributed by atoms with Crippen molar-refractivity contribution in [3.05, 3.63) is 41.5 Å². The number of nitrogens with zero attached hydrogens (tertiary/aromatic N) is 1. The van der Waals surface area contributed by atoms with Gasteiger partial charge >= 0.3 is 0 Å². The van der Waals surface area contributed by atoms with Gasteiger partial charge in [0.2, 0.25) is 10.0 Å². The van der Waals surface area contributed by atoms with Gasteiger partial charge in [-0.3, -0.25) is 0 Å². The Kier molecular flexibility index (Phi) is 4.42. The van der Waals surface area contributed by atoms with Gasteiger partial charge in [0.25, 0.3) is 0 Å². The molecule has 2 saturated carbocycles. The number of fused-ring (bicyclic) bond motifs is 4. The van der Waals surface area contributed by atoms with Crippen LogP contribution in [-0.4, -0.2) is 48.8 Å². The van der Waals surface area contributed by atoms with Crippen LogP contribution in [0.2, 0.25) is 0 Å². The lowest BCUT2D eigenvalue weighted by Gasteiger charge is -2.48. The third kappa shape index (κ3) is 2.54. The van der Waals surface area contributed by atoms with E-state index < -0.39 is 21.0 Å². The number of nitrogens with two attached hydrogens (primary N) is 1. The minimum absolute atomic E-state index is 0.0105. The summed E-state index contributed by atoms with van der Waals surface area (Å²) >= 11 is 0. The van der Waals surface area contributed by atoms with Gasteiger partial charge in [-0.05, 0) is 54.6 Å². The Morgan fingerprint density at radius 3 is 2.53 bits per heavy atom. The summed E-state index contributed by atoms with van der Waals surface area (Å²) in [6.45, 7) is 5.47. The summed E-state index contributed by atoms with van der Waals surface area (Å²) in [7, 11) is -3.49. The molecule has 1 saturated heterocycles. The van der Waals surface area contributed by atoms with Crippen molar-refractivity contribution < 1.29 is 13.5 Å². The molecule has 1 spiro atoms. The highest BCUT2D eigenvalue weighted by atomic mass is 32.2. The van der Waals surface area contributed by atoms with Crippen molar-refractivity contribution in [3.63, 3.8) is 0 Å². The van der Waals surface area contributed by atoms with Crippen LogP contribution in [0, 0.1) is 16.7 Å². The number of benzene rings is 1. The molecule has 0 radical (unpaired) electrons. The lowest BCUT2D eigenvalue weighted by Crippen LogP contribution is -2.59. The Morgan fingerprint density at radius 2 is 1.87 bits per heavy atom. The van der Waals surface area contributed by atoms with Gasteiger partial charge in [-0.1, -0.05) is 50.3 Å². The van der Waals surface area contributed by atoms with E-state index in [1.807, 2.05) is 0 Å². The van der Waals surface area contributed by atoms with Crippen LogP contribution in [0.4, 0.5) is 0 Å². The maximum atomic E-state index is 13.6. The van der Waals surface area contributed by atoms with Crippen LogP contribution in [-0.2, 0) is 15.4 Å². The van der Waals surface area contributed by atoms with Crippen LogP contribution in [0.25, 0.3) is 6.08 Å². The van der Waals surface area contributed by atoms with E-state index in [9.17, 15) is 13.5 Å². The molecule has 0 unspecified atom stereocenters. The summed E-state index contributed by atoms with van der Waals surface area (Å²) in [6.07, 6.45) is 8.41. The first-order valence-electron chi connectivity index (χ1n) is 11.3. The molecule has 164 valence electrons. The second-order valence-corrected chi connectivity index (χ2v) is 12.7. The van der Waals surface area contributed by atoms with E-state index in [2.05, 4.69) is 50.3 Å². The smallest absolute Gasteiger partial charge is 0.214 e. The van der Waals surface area contributed by atoms with Crippen molar-refractivity contribution in [2.24, 2.45) is 22.5 Å². The largest absolute Gasteiger partial charge is 0.388 e. The van der Waals surface area contributed by atoms with Crippen LogP contribution in [0.5, 0.6) is 0 Å². The maximum Gasteiger partial charge on any atom is 0.214 e. The minimum Gasteiger partial charge on any atom is -0.388 e.